The number of nitrogens with one attached hydrogen (secondary N) is 1. The van der Waals surface area contributed by atoms with Crippen LogP contribution in [-0.2, 0) is 11.3 Å². The zero-order valence-corrected chi connectivity index (χ0v) is 15.7. The number of benzene rings is 1. The van der Waals surface area contributed by atoms with Crippen molar-refractivity contribution >= 4 is 17.0 Å². The van der Waals surface area contributed by atoms with E-state index in [1.165, 1.54) is 23.0 Å². The molecule has 3 aliphatic rings. The number of carbonyl (C=O) groups excluding carboxylic acids is 1. The number of allylic oxidation sites excluding steroid dienone is 1. The van der Waals surface area contributed by atoms with Gasteiger partial charge in [-0.1, -0.05) is 31.6 Å². The van der Waals surface area contributed by atoms with Crippen LogP contribution in [0.25, 0.3) is 11.1 Å². The Labute approximate surface area is 153 Å². The monoisotopic (exact) mass is 354 g/mol. The predicted molar refractivity (Wildman–Crippen MR) is 101 cm³/mol. The van der Waals surface area contributed by atoms with Gasteiger partial charge >= 0.3 is 5.76 Å². The molecule has 5 heteroatoms. The molecule has 0 radical (unpaired) electrons. The summed E-state index contributed by atoms with van der Waals surface area (Å²) in [5.41, 5.74) is 4.11. The molecule has 0 saturated heterocycles. The number of oxazole rings is 1. The summed E-state index contributed by atoms with van der Waals surface area (Å²) in [6, 6.07) is 5.53. The van der Waals surface area contributed by atoms with Crippen LogP contribution in [0.5, 0.6) is 0 Å². The van der Waals surface area contributed by atoms with E-state index < -0.39 is 5.76 Å². The van der Waals surface area contributed by atoms with E-state index in [1.807, 2.05) is 19.1 Å². The smallest absolute Gasteiger partial charge is 0.408 e. The number of aromatic nitrogens is 1. The number of nitrogens with zero attached hydrogens (tertiary/aromatic N) is 1. The van der Waals surface area contributed by atoms with Crippen LogP contribution in [0.15, 0.2) is 39.1 Å². The summed E-state index contributed by atoms with van der Waals surface area (Å²) in [6.45, 7) is 7.27. The summed E-state index contributed by atoms with van der Waals surface area (Å²) < 4.78 is 6.62. The van der Waals surface area contributed by atoms with Crippen molar-refractivity contribution in [3.05, 3.63) is 46.0 Å². The first-order chi connectivity index (χ1) is 12.4. The van der Waals surface area contributed by atoms with Gasteiger partial charge in [0.15, 0.2) is 5.58 Å². The van der Waals surface area contributed by atoms with Gasteiger partial charge in [0.25, 0.3) is 0 Å². The van der Waals surface area contributed by atoms with Crippen LogP contribution < -0.4 is 11.1 Å². The third-order valence-corrected chi connectivity index (χ3v) is 6.44. The van der Waals surface area contributed by atoms with Crippen LogP contribution in [0.2, 0.25) is 0 Å². The molecule has 0 spiro atoms. The number of hydrogen-bond acceptors (Lipinski definition) is 3. The Kier molecular flexibility index (Phi) is 4.05. The van der Waals surface area contributed by atoms with Crippen LogP contribution in [0.1, 0.15) is 38.7 Å². The molecule has 2 bridgehead atoms. The number of fused-ring (bicyclic) bond motifs is 2. The molecule has 1 N–H and O–H groups in total. The predicted octanol–water partition coefficient (Wildman–Crippen LogP) is 3.40. The molecule has 26 heavy (non-hydrogen) atoms. The van der Waals surface area contributed by atoms with E-state index in [2.05, 4.69) is 25.2 Å². The Morgan fingerprint density at radius 2 is 2.19 bits per heavy atom. The minimum atomic E-state index is -0.488. The normalized spacial score (nSPS) is 23.4. The van der Waals surface area contributed by atoms with Crippen molar-refractivity contribution < 1.29 is 9.21 Å². The van der Waals surface area contributed by atoms with Gasteiger partial charge in [0.1, 0.15) is 6.54 Å². The number of carbonyl (C=O) groups is 1. The van der Waals surface area contributed by atoms with Crippen molar-refractivity contribution in [3.63, 3.8) is 0 Å². The molecular weight excluding hydrogens is 328 g/mol. The fourth-order valence-corrected chi connectivity index (χ4v) is 4.63. The van der Waals surface area contributed by atoms with Crippen LogP contribution >= 0.6 is 0 Å². The van der Waals surface area contributed by atoms with Gasteiger partial charge in [-0.3, -0.25) is 9.36 Å². The first-order valence-corrected chi connectivity index (χ1v) is 9.42. The molecule has 2 atom stereocenters. The molecule has 1 aromatic carbocycles. The molecule has 3 aliphatic carbocycles. The van der Waals surface area contributed by atoms with E-state index in [0.29, 0.717) is 29.0 Å². The van der Waals surface area contributed by atoms with Crippen molar-refractivity contribution in [2.24, 2.45) is 17.3 Å². The lowest BCUT2D eigenvalue weighted by Gasteiger charge is -2.56. The molecule has 2 aromatic rings. The Balaban J connectivity index is 1.37. The Morgan fingerprint density at radius 1 is 1.38 bits per heavy atom. The fourth-order valence-electron chi connectivity index (χ4n) is 4.63. The Bertz CT molecular complexity index is 948. The summed E-state index contributed by atoms with van der Waals surface area (Å²) in [5.74, 6) is 0.855. The SMILES string of the molecule is Cc1ccc2oc(=O)n(CC(=O)NCCC3=CC[C@H]4C[C@@H]3C4(C)C)c2c1. The van der Waals surface area contributed by atoms with Crippen molar-refractivity contribution in [3.8, 4) is 0 Å². The number of hydrogen-bond donors (Lipinski definition) is 1. The maximum atomic E-state index is 12.3. The number of aryl methyl sites for hydroxylation is 1. The largest absolute Gasteiger partial charge is 0.420 e. The van der Waals surface area contributed by atoms with Crippen molar-refractivity contribution in [2.75, 3.05) is 6.54 Å². The van der Waals surface area contributed by atoms with Crippen LogP contribution in [0.3, 0.4) is 0 Å². The summed E-state index contributed by atoms with van der Waals surface area (Å²) in [6.07, 6.45) is 5.73. The number of amides is 1. The van der Waals surface area contributed by atoms with E-state index in [-0.39, 0.29) is 12.5 Å². The summed E-state index contributed by atoms with van der Waals surface area (Å²) >= 11 is 0. The van der Waals surface area contributed by atoms with Gasteiger partial charge in [-0.25, -0.2) is 4.79 Å². The first kappa shape index (κ1) is 17.1. The lowest BCUT2D eigenvalue weighted by Crippen LogP contribution is -2.48. The third-order valence-electron chi connectivity index (χ3n) is 6.44. The lowest BCUT2D eigenvalue weighted by molar-refractivity contribution is -0.121. The molecule has 1 fully saturated rings. The second-order valence-corrected chi connectivity index (χ2v) is 8.35. The maximum Gasteiger partial charge on any atom is 0.420 e. The minimum Gasteiger partial charge on any atom is -0.408 e. The van der Waals surface area contributed by atoms with Crippen molar-refractivity contribution in [1.29, 1.82) is 0 Å². The molecule has 1 saturated carbocycles. The lowest BCUT2D eigenvalue weighted by atomic mass is 9.48. The van der Waals surface area contributed by atoms with Crippen molar-refractivity contribution in [2.45, 2.75) is 46.6 Å². The minimum absolute atomic E-state index is 0.00860. The summed E-state index contributed by atoms with van der Waals surface area (Å²) in [7, 11) is 0. The summed E-state index contributed by atoms with van der Waals surface area (Å²) in [5, 5.41) is 2.96. The van der Waals surface area contributed by atoms with Crippen LogP contribution in [0.4, 0.5) is 0 Å². The van der Waals surface area contributed by atoms with Gasteiger partial charge in [0.2, 0.25) is 5.91 Å². The van der Waals surface area contributed by atoms with E-state index in [9.17, 15) is 9.59 Å². The topological polar surface area (TPSA) is 64.2 Å². The van der Waals surface area contributed by atoms with Crippen molar-refractivity contribution in [1.82, 2.24) is 9.88 Å². The third kappa shape index (κ3) is 2.79. The number of rotatable bonds is 5. The standard InChI is InChI=1S/C21H26N2O3/c1-13-4-7-18-17(10-13)23(20(25)26-18)12-19(24)22-9-8-14-5-6-15-11-16(14)21(15,2)3/h4-5,7,10,15-16H,6,8-9,11-12H2,1-3H3,(H,22,24)/t15-,16-/m0/s1. The maximum absolute atomic E-state index is 12.3. The highest BCUT2D eigenvalue weighted by Gasteiger charge is 2.50. The van der Waals surface area contributed by atoms with Gasteiger partial charge < -0.3 is 9.73 Å². The first-order valence-electron chi connectivity index (χ1n) is 9.42. The molecule has 0 aliphatic heterocycles. The Hall–Kier alpha value is -2.30. The van der Waals surface area contributed by atoms with Gasteiger partial charge in [-0.05, 0) is 61.1 Å². The molecular formula is C21H26N2O3. The highest BCUT2D eigenvalue weighted by atomic mass is 16.4. The van der Waals surface area contributed by atoms with E-state index in [4.69, 9.17) is 4.42 Å². The second-order valence-electron chi connectivity index (χ2n) is 8.35. The van der Waals surface area contributed by atoms with Gasteiger partial charge in [0.05, 0.1) is 5.52 Å². The molecule has 5 rings (SSSR count). The highest BCUT2D eigenvalue weighted by Crippen LogP contribution is 2.59. The molecule has 138 valence electrons. The van der Waals surface area contributed by atoms with E-state index in [0.717, 1.165) is 17.9 Å². The van der Waals surface area contributed by atoms with E-state index in [1.54, 1.807) is 6.07 Å². The molecule has 1 heterocycles. The zero-order chi connectivity index (χ0) is 18.5. The summed E-state index contributed by atoms with van der Waals surface area (Å²) in [4.78, 5) is 24.4. The molecule has 5 nitrogen and oxygen atoms in total. The van der Waals surface area contributed by atoms with Gasteiger partial charge in [0, 0.05) is 6.54 Å². The highest BCUT2D eigenvalue weighted by molar-refractivity contribution is 5.79. The van der Waals surface area contributed by atoms with E-state index >= 15 is 0 Å². The Morgan fingerprint density at radius 3 is 2.92 bits per heavy atom. The van der Waals surface area contributed by atoms with Gasteiger partial charge in [-0.15, -0.1) is 0 Å². The quantitative estimate of drug-likeness (QED) is 0.837. The van der Waals surface area contributed by atoms with Crippen LogP contribution in [0, 0.1) is 24.2 Å². The molecule has 1 amide bonds. The van der Waals surface area contributed by atoms with Crippen LogP contribution in [-0.4, -0.2) is 17.0 Å². The zero-order valence-electron chi connectivity index (χ0n) is 15.7. The fraction of sp³-hybridized carbons (Fsp3) is 0.524. The average molecular weight is 354 g/mol. The second kappa shape index (κ2) is 6.15. The average Bonchev–Trinajstić information content (AvgIpc) is 2.90. The molecule has 0 unspecified atom stereocenters. The van der Waals surface area contributed by atoms with Gasteiger partial charge in [-0.2, -0.15) is 0 Å². The molecule has 1 aromatic heterocycles.